The Kier molecular flexibility index (Phi) is 5.31. The van der Waals surface area contributed by atoms with Gasteiger partial charge in [0.25, 0.3) is 0 Å². The van der Waals surface area contributed by atoms with Gasteiger partial charge in [-0.3, -0.25) is 0 Å². The zero-order valence-corrected chi connectivity index (χ0v) is 12.1. The van der Waals surface area contributed by atoms with Crippen LogP contribution in [-0.4, -0.2) is 14.2 Å². The molecule has 0 unspecified atom stereocenters. The first-order valence-electron chi connectivity index (χ1n) is 7.21. The second-order valence-electron chi connectivity index (χ2n) is 5.18. The topological polar surface area (TPSA) is 18.5 Å². The van der Waals surface area contributed by atoms with Crippen molar-refractivity contribution >= 4 is 0 Å². The zero-order valence-electron chi connectivity index (χ0n) is 12.1. The van der Waals surface area contributed by atoms with Gasteiger partial charge in [-0.1, -0.05) is 18.1 Å². The highest BCUT2D eigenvalue weighted by Crippen LogP contribution is 2.25. The van der Waals surface area contributed by atoms with E-state index in [1.165, 1.54) is 37.7 Å². The molecular weight excluding hydrogens is 236 g/mol. The lowest BCUT2D eigenvalue weighted by Crippen LogP contribution is -1.95. The van der Waals surface area contributed by atoms with Crippen molar-refractivity contribution < 1.29 is 9.47 Å². The third kappa shape index (κ3) is 4.30. The molecule has 1 aliphatic carbocycles. The second kappa shape index (κ2) is 7.22. The second-order valence-corrected chi connectivity index (χ2v) is 5.18. The van der Waals surface area contributed by atoms with E-state index >= 15 is 0 Å². The summed E-state index contributed by atoms with van der Waals surface area (Å²) in [7, 11) is 3.39. The summed E-state index contributed by atoms with van der Waals surface area (Å²) in [5, 5.41) is 0. The van der Waals surface area contributed by atoms with Crippen LogP contribution in [0.25, 0.3) is 0 Å². The molecule has 2 heteroatoms. The van der Waals surface area contributed by atoms with Crippen molar-refractivity contribution in [3.8, 4) is 11.5 Å². The van der Waals surface area contributed by atoms with E-state index in [9.17, 15) is 0 Å². The Morgan fingerprint density at radius 3 is 2.16 bits per heavy atom. The fraction of sp³-hybridized carbons (Fsp3) is 0.529. The van der Waals surface area contributed by atoms with E-state index in [1.54, 1.807) is 19.8 Å². The molecule has 1 saturated carbocycles. The average Bonchev–Trinajstić information content (AvgIpc) is 2.48. The number of aryl methyl sites for hydroxylation is 1. The Balaban J connectivity index is 1.94. The van der Waals surface area contributed by atoms with Crippen LogP contribution in [-0.2, 0) is 6.42 Å². The minimum absolute atomic E-state index is 0.875. The first-order chi connectivity index (χ1) is 9.31. The van der Waals surface area contributed by atoms with Gasteiger partial charge in [-0.25, -0.2) is 0 Å². The summed E-state index contributed by atoms with van der Waals surface area (Å²) in [6.45, 7) is 0. The standard InChI is InChI=1S/C17H24O2/c1-18-16-11-15(12-17(13-16)19-2)10-6-9-14-7-4-3-5-8-14/h9,11-13H,3-8,10H2,1-2H3. The highest BCUT2D eigenvalue weighted by atomic mass is 16.5. The van der Waals surface area contributed by atoms with Gasteiger partial charge in [-0.05, 0) is 56.2 Å². The third-order valence-corrected chi connectivity index (χ3v) is 3.77. The molecule has 0 radical (unpaired) electrons. The number of hydrogen-bond donors (Lipinski definition) is 0. The first kappa shape index (κ1) is 14.0. The van der Waals surface area contributed by atoms with Crippen LogP contribution in [0.15, 0.2) is 29.8 Å². The Morgan fingerprint density at radius 2 is 1.58 bits per heavy atom. The molecule has 0 N–H and O–H groups in total. The molecule has 0 bridgehead atoms. The van der Waals surface area contributed by atoms with Crippen molar-refractivity contribution in [3.63, 3.8) is 0 Å². The maximum absolute atomic E-state index is 5.30. The Labute approximate surface area is 116 Å². The van der Waals surface area contributed by atoms with Crippen LogP contribution in [0.2, 0.25) is 0 Å². The van der Waals surface area contributed by atoms with Crippen LogP contribution in [0, 0.1) is 0 Å². The maximum atomic E-state index is 5.30. The van der Waals surface area contributed by atoms with Gasteiger partial charge in [0, 0.05) is 6.07 Å². The number of ether oxygens (including phenoxy) is 2. The van der Waals surface area contributed by atoms with Crippen LogP contribution < -0.4 is 9.47 Å². The molecule has 1 aromatic carbocycles. The molecule has 19 heavy (non-hydrogen) atoms. The van der Waals surface area contributed by atoms with E-state index in [1.807, 2.05) is 6.07 Å². The van der Waals surface area contributed by atoms with Crippen molar-refractivity contribution in [3.05, 3.63) is 35.4 Å². The minimum Gasteiger partial charge on any atom is -0.497 e. The van der Waals surface area contributed by atoms with Gasteiger partial charge >= 0.3 is 0 Å². The molecule has 0 aromatic heterocycles. The predicted molar refractivity (Wildman–Crippen MR) is 79.0 cm³/mol. The number of benzene rings is 1. The summed E-state index contributed by atoms with van der Waals surface area (Å²) < 4.78 is 10.6. The normalized spacial score (nSPS) is 15.2. The molecule has 2 rings (SSSR count). The van der Waals surface area contributed by atoms with E-state index in [0.717, 1.165) is 24.3 Å². The van der Waals surface area contributed by atoms with Crippen LogP contribution in [0.3, 0.4) is 0 Å². The summed E-state index contributed by atoms with van der Waals surface area (Å²) in [6.07, 6.45) is 11.4. The fourth-order valence-corrected chi connectivity index (χ4v) is 2.66. The molecule has 0 aliphatic heterocycles. The quantitative estimate of drug-likeness (QED) is 0.724. The molecule has 1 fully saturated rings. The molecule has 1 aromatic rings. The van der Waals surface area contributed by atoms with E-state index in [0.29, 0.717) is 0 Å². The lowest BCUT2D eigenvalue weighted by atomic mass is 9.93. The van der Waals surface area contributed by atoms with Crippen molar-refractivity contribution in [1.82, 2.24) is 0 Å². The molecule has 0 heterocycles. The van der Waals surface area contributed by atoms with E-state index in [-0.39, 0.29) is 0 Å². The summed E-state index contributed by atoms with van der Waals surface area (Å²) in [5.41, 5.74) is 2.94. The Bertz CT molecular complexity index is 405. The lowest BCUT2D eigenvalue weighted by molar-refractivity contribution is 0.393. The van der Waals surface area contributed by atoms with E-state index in [2.05, 4.69) is 18.2 Å². The van der Waals surface area contributed by atoms with E-state index in [4.69, 9.17) is 9.47 Å². The Morgan fingerprint density at radius 1 is 0.947 bits per heavy atom. The molecule has 0 atom stereocenters. The van der Waals surface area contributed by atoms with Gasteiger partial charge < -0.3 is 9.47 Å². The predicted octanol–water partition coefficient (Wildman–Crippen LogP) is 4.53. The van der Waals surface area contributed by atoms with Gasteiger partial charge in [0.1, 0.15) is 11.5 Å². The number of allylic oxidation sites excluding steroid dienone is 2. The third-order valence-electron chi connectivity index (χ3n) is 3.77. The SMILES string of the molecule is COc1cc(CCC=C2CCCCC2)cc(OC)c1. The van der Waals surface area contributed by atoms with Crippen molar-refractivity contribution in [2.75, 3.05) is 14.2 Å². The number of methoxy groups -OCH3 is 2. The molecular formula is C17H24O2. The fourth-order valence-electron chi connectivity index (χ4n) is 2.66. The molecule has 0 saturated heterocycles. The van der Waals surface area contributed by atoms with E-state index < -0.39 is 0 Å². The molecule has 0 spiro atoms. The molecule has 1 aliphatic rings. The van der Waals surface area contributed by atoms with Crippen LogP contribution >= 0.6 is 0 Å². The smallest absolute Gasteiger partial charge is 0.122 e. The van der Waals surface area contributed by atoms with Gasteiger partial charge in [0.05, 0.1) is 14.2 Å². The average molecular weight is 260 g/mol. The van der Waals surface area contributed by atoms with Gasteiger partial charge in [-0.2, -0.15) is 0 Å². The van der Waals surface area contributed by atoms with Crippen LogP contribution in [0.5, 0.6) is 11.5 Å². The number of rotatable bonds is 5. The largest absolute Gasteiger partial charge is 0.497 e. The Hall–Kier alpha value is -1.44. The molecule has 0 amide bonds. The minimum atomic E-state index is 0.875. The highest BCUT2D eigenvalue weighted by Gasteiger charge is 2.05. The number of hydrogen-bond acceptors (Lipinski definition) is 2. The van der Waals surface area contributed by atoms with Crippen molar-refractivity contribution in [2.45, 2.75) is 44.9 Å². The van der Waals surface area contributed by atoms with Gasteiger partial charge in [0.15, 0.2) is 0 Å². The van der Waals surface area contributed by atoms with Crippen molar-refractivity contribution in [1.29, 1.82) is 0 Å². The van der Waals surface area contributed by atoms with Crippen LogP contribution in [0.4, 0.5) is 0 Å². The first-order valence-corrected chi connectivity index (χ1v) is 7.21. The highest BCUT2D eigenvalue weighted by molar-refractivity contribution is 5.38. The van der Waals surface area contributed by atoms with Crippen molar-refractivity contribution in [2.24, 2.45) is 0 Å². The summed E-state index contributed by atoms with van der Waals surface area (Å²) in [6, 6.07) is 6.12. The van der Waals surface area contributed by atoms with Gasteiger partial charge in [-0.15, -0.1) is 0 Å². The van der Waals surface area contributed by atoms with Gasteiger partial charge in [0.2, 0.25) is 0 Å². The molecule has 104 valence electrons. The summed E-state index contributed by atoms with van der Waals surface area (Å²) >= 11 is 0. The monoisotopic (exact) mass is 260 g/mol. The maximum Gasteiger partial charge on any atom is 0.122 e. The molecule has 2 nitrogen and oxygen atoms in total. The zero-order chi connectivity index (χ0) is 13.5. The van der Waals surface area contributed by atoms with Crippen LogP contribution in [0.1, 0.15) is 44.1 Å². The summed E-state index contributed by atoms with van der Waals surface area (Å²) in [4.78, 5) is 0. The lowest BCUT2D eigenvalue weighted by Gasteiger charge is -2.13. The summed E-state index contributed by atoms with van der Waals surface area (Å²) in [5.74, 6) is 1.75.